The number of fused-ring (bicyclic) bond motifs is 1. The summed E-state index contributed by atoms with van der Waals surface area (Å²) in [5.41, 5.74) is 2.66. The summed E-state index contributed by atoms with van der Waals surface area (Å²) in [6.45, 7) is 0.517. The number of rotatable bonds is 2. The smallest absolute Gasteiger partial charge is 0.306 e. The predicted molar refractivity (Wildman–Crippen MR) is 73.1 cm³/mol. The van der Waals surface area contributed by atoms with E-state index in [1.165, 1.54) is 0 Å². The second kappa shape index (κ2) is 4.35. The van der Waals surface area contributed by atoms with Crippen LogP contribution in [-0.2, 0) is 6.54 Å². The number of hydrogen-bond acceptors (Lipinski definition) is 1. The molecular weight excluding hydrogens is 248 g/mol. The number of halogens is 1. The Bertz CT molecular complexity index is 758. The summed E-state index contributed by atoms with van der Waals surface area (Å²) in [5.74, 6) is 0. The highest BCUT2D eigenvalue weighted by Gasteiger charge is 2.06. The second-order valence-electron chi connectivity index (χ2n) is 4.16. The first-order valence-corrected chi connectivity index (χ1v) is 6.04. The van der Waals surface area contributed by atoms with Gasteiger partial charge in [0.25, 0.3) is 0 Å². The Balaban J connectivity index is 2.10. The normalized spacial score (nSPS) is 10.9. The zero-order valence-electron chi connectivity index (χ0n) is 9.56. The lowest BCUT2D eigenvalue weighted by molar-refractivity contribution is 0.787. The Labute approximate surface area is 109 Å². The first-order chi connectivity index (χ1) is 8.74. The average molecular weight is 259 g/mol. The Morgan fingerprint density at radius 1 is 1.11 bits per heavy atom. The monoisotopic (exact) mass is 258 g/mol. The number of nitrogens with one attached hydrogen (secondary N) is 1. The molecule has 18 heavy (non-hydrogen) atoms. The molecule has 0 saturated carbocycles. The van der Waals surface area contributed by atoms with Gasteiger partial charge >= 0.3 is 5.69 Å². The molecule has 2 aromatic carbocycles. The predicted octanol–water partition coefficient (Wildman–Crippen LogP) is 3.03. The van der Waals surface area contributed by atoms with E-state index in [-0.39, 0.29) is 5.69 Å². The zero-order chi connectivity index (χ0) is 12.5. The van der Waals surface area contributed by atoms with E-state index in [1.807, 2.05) is 48.5 Å². The van der Waals surface area contributed by atoms with E-state index in [4.69, 9.17) is 11.6 Å². The van der Waals surface area contributed by atoms with Crippen LogP contribution >= 0.6 is 11.6 Å². The van der Waals surface area contributed by atoms with Crippen LogP contribution < -0.4 is 5.69 Å². The van der Waals surface area contributed by atoms with E-state index in [0.29, 0.717) is 11.6 Å². The van der Waals surface area contributed by atoms with Crippen molar-refractivity contribution in [3.8, 4) is 0 Å². The van der Waals surface area contributed by atoms with Crippen molar-refractivity contribution in [2.24, 2.45) is 0 Å². The number of nitrogens with zero attached hydrogens (tertiary/aromatic N) is 1. The van der Waals surface area contributed by atoms with E-state index in [1.54, 1.807) is 4.57 Å². The van der Waals surface area contributed by atoms with Crippen molar-refractivity contribution < 1.29 is 0 Å². The molecule has 0 aliphatic heterocycles. The molecule has 1 aromatic heterocycles. The standard InChI is InChI=1S/C14H11ClN2O/c15-11-5-3-4-10(8-11)9-17-13-7-2-1-6-12(13)16-14(17)18/h1-8H,9H2,(H,16,18). The van der Waals surface area contributed by atoms with Gasteiger partial charge in [0.05, 0.1) is 17.6 Å². The van der Waals surface area contributed by atoms with E-state index in [0.717, 1.165) is 16.6 Å². The highest BCUT2D eigenvalue weighted by molar-refractivity contribution is 6.30. The Morgan fingerprint density at radius 3 is 2.78 bits per heavy atom. The van der Waals surface area contributed by atoms with Crippen LogP contribution in [0, 0.1) is 0 Å². The lowest BCUT2D eigenvalue weighted by atomic mass is 10.2. The van der Waals surface area contributed by atoms with Gasteiger partial charge in [0.1, 0.15) is 0 Å². The zero-order valence-corrected chi connectivity index (χ0v) is 10.3. The minimum Gasteiger partial charge on any atom is -0.306 e. The van der Waals surface area contributed by atoms with Crippen LogP contribution in [0.4, 0.5) is 0 Å². The lowest BCUT2D eigenvalue weighted by Crippen LogP contribution is -2.17. The number of benzene rings is 2. The van der Waals surface area contributed by atoms with Crippen LogP contribution in [0.25, 0.3) is 11.0 Å². The van der Waals surface area contributed by atoms with Gasteiger partial charge in [0.15, 0.2) is 0 Å². The minimum absolute atomic E-state index is 0.101. The van der Waals surface area contributed by atoms with Gasteiger partial charge < -0.3 is 4.98 Å². The van der Waals surface area contributed by atoms with Crippen molar-refractivity contribution in [3.05, 3.63) is 69.6 Å². The third-order valence-electron chi connectivity index (χ3n) is 2.91. The fraction of sp³-hybridized carbons (Fsp3) is 0.0714. The molecule has 0 aliphatic rings. The maximum atomic E-state index is 11.9. The van der Waals surface area contributed by atoms with Crippen molar-refractivity contribution in [3.63, 3.8) is 0 Å². The summed E-state index contributed by atoms with van der Waals surface area (Å²) < 4.78 is 1.71. The molecule has 1 N–H and O–H groups in total. The molecule has 0 saturated heterocycles. The third-order valence-corrected chi connectivity index (χ3v) is 3.15. The number of aromatic nitrogens is 2. The summed E-state index contributed by atoms with van der Waals surface area (Å²) in [6, 6.07) is 15.2. The molecule has 3 rings (SSSR count). The van der Waals surface area contributed by atoms with Gasteiger partial charge in [0, 0.05) is 5.02 Å². The third kappa shape index (κ3) is 1.93. The van der Waals surface area contributed by atoms with Gasteiger partial charge in [-0.2, -0.15) is 0 Å². The quantitative estimate of drug-likeness (QED) is 0.754. The molecule has 1 heterocycles. The van der Waals surface area contributed by atoms with Crippen LogP contribution in [0.2, 0.25) is 5.02 Å². The number of hydrogen-bond donors (Lipinski definition) is 1. The molecule has 0 spiro atoms. The van der Waals surface area contributed by atoms with E-state index in [2.05, 4.69) is 4.98 Å². The van der Waals surface area contributed by atoms with Crippen molar-refractivity contribution >= 4 is 22.6 Å². The highest BCUT2D eigenvalue weighted by atomic mass is 35.5. The molecule has 0 amide bonds. The fourth-order valence-electron chi connectivity index (χ4n) is 2.08. The van der Waals surface area contributed by atoms with Crippen molar-refractivity contribution in [1.82, 2.24) is 9.55 Å². The summed E-state index contributed by atoms with van der Waals surface area (Å²) in [5, 5.41) is 0.681. The van der Waals surface area contributed by atoms with Gasteiger partial charge in [-0.1, -0.05) is 35.9 Å². The SMILES string of the molecule is O=c1[nH]c2ccccc2n1Cc1cccc(Cl)c1. The van der Waals surface area contributed by atoms with E-state index < -0.39 is 0 Å². The van der Waals surface area contributed by atoms with Gasteiger partial charge in [-0.15, -0.1) is 0 Å². The molecule has 0 atom stereocenters. The summed E-state index contributed by atoms with van der Waals surface area (Å²) in [6.07, 6.45) is 0. The van der Waals surface area contributed by atoms with Crippen LogP contribution in [-0.4, -0.2) is 9.55 Å². The molecule has 4 heteroatoms. The van der Waals surface area contributed by atoms with Crippen molar-refractivity contribution in [2.45, 2.75) is 6.54 Å². The molecular formula is C14H11ClN2O. The highest BCUT2D eigenvalue weighted by Crippen LogP contribution is 2.14. The first-order valence-electron chi connectivity index (χ1n) is 5.66. The molecule has 0 fully saturated rings. The number of imidazole rings is 1. The molecule has 0 bridgehead atoms. The average Bonchev–Trinajstić information content (AvgIpc) is 2.66. The lowest BCUT2D eigenvalue weighted by Gasteiger charge is -2.04. The van der Waals surface area contributed by atoms with Gasteiger partial charge in [0.2, 0.25) is 0 Å². The summed E-state index contributed by atoms with van der Waals surface area (Å²) >= 11 is 5.95. The van der Waals surface area contributed by atoms with Crippen LogP contribution in [0.1, 0.15) is 5.56 Å². The van der Waals surface area contributed by atoms with Gasteiger partial charge in [-0.3, -0.25) is 4.57 Å². The van der Waals surface area contributed by atoms with Crippen molar-refractivity contribution in [1.29, 1.82) is 0 Å². The molecule has 0 radical (unpaired) electrons. The Morgan fingerprint density at radius 2 is 1.94 bits per heavy atom. The summed E-state index contributed by atoms with van der Waals surface area (Å²) in [7, 11) is 0. The number of para-hydroxylation sites is 2. The van der Waals surface area contributed by atoms with E-state index in [9.17, 15) is 4.79 Å². The maximum absolute atomic E-state index is 11.9. The van der Waals surface area contributed by atoms with E-state index >= 15 is 0 Å². The Hall–Kier alpha value is -2.00. The van der Waals surface area contributed by atoms with Crippen molar-refractivity contribution in [2.75, 3.05) is 0 Å². The van der Waals surface area contributed by atoms with Gasteiger partial charge in [-0.25, -0.2) is 4.79 Å². The summed E-state index contributed by atoms with van der Waals surface area (Å²) in [4.78, 5) is 14.7. The van der Waals surface area contributed by atoms with Crippen LogP contribution in [0.5, 0.6) is 0 Å². The topological polar surface area (TPSA) is 37.8 Å². The molecule has 3 nitrogen and oxygen atoms in total. The maximum Gasteiger partial charge on any atom is 0.326 e. The molecule has 0 unspecified atom stereocenters. The molecule has 0 aliphatic carbocycles. The fourth-order valence-corrected chi connectivity index (χ4v) is 2.29. The first kappa shape index (κ1) is 11.1. The number of H-pyrrole nitrogens is 1. The molecule has 90 valence electrons. The minimum atomic E-state index is -0.101. The van der Waals surface area contributed by atoms with Crippen LogP contribution in [0.3, 0.4) is 0 Å². The van der Waals surface area contributed by atoms with Crippen LogP contribution in [0.15, 0.2) is 53.3 Å². The Kier molecular flexibility index (Phi) is 2.68. The largest absolute Gasteiger partial charge is 0.326 e. The van der Waals surface area contributed by atoms with Gasteiger partial charge in [-0.05, 0) is 29.8 Å². The molecule has 3 aromatic rings. The second-order valence-corrected chi connectivity index (χ2v) is 4.60. The number of aromatic amines is 1.